The SMILES string of the molecule is COC(=O)COc1cc([C@H]2SC(C)=Nc3c2c(=O)[nH]n3[C@@H]2CCOC(C)(C)C2)ccc1OC. The fraction of sp³-hybridized carbons (Fsp3) is 0.522. The van der Waals surface area contributed by atoms with E-state index in [9.17, 15) is 9.59 Å². The third-order valence-corrected chi connectivity index (χ3v) is 7.03. The van der Waals surface area contributed by atoms with Crippen LogP contribution in [0.2, 0.25) is 0 Å². The number of H-pyrrole nitrogens is 1. The van der Waals surface area contributed by atoms with Gasteiger partial charge in [-0.05, 0) is 51.3 Å². The minimum Gasteiger partial charge on any atom is -0.493 e. The number of aromatic nitrogens is 2. The average molecular weight is 476 g/mol. The van der Waals surface area contributed by atoms with Crippen molar-refractivity contribution in [1.82, 2.24) is 9.78 Å². The van der Waals surface area contributed by atoms with Crippen molar-refractivity contribution < 1.29 is 23.7 Å². The minimum atomic E-state index is -0.493. The predicted molar refractivity (Wildman–Crippen MR) is 126 cm³/mol. The van der Waals surface area contributed by atoms with Crippen molar-refractivity contribution in [1.29, 1.82) is 0 Å². The first kappa shape index (κ1) is 23.4. The van der Waals surface area contributed by atoms with E-state index < -0.39 is 5.97 Å². The number of benzene rings is 1. The topological polar surface area (TPSA) is 104 Å². The van der Waals surface area contributed by atoms with Gasteiger partial charge in [0, 0.05) is 6.61 Å². The molecule has 4 rings (SSSR count). The largest absolute Gasteiger partial charge is 0.493 e. The molecule has 2 atom stereocenters. The average Bonchev–Trinajstić information content (AvgIpc) is 3.12. The van der Waals surface area contributed by atoms with Crippen molar-refractivity contribution in [2.75, 3.05) is 27.4 Å². The maximum Gasteiger partial charge on any atom is 0.343 e. The molecule has 0 radical (unpaired) electrons. The third-order valence-electron chi connectivity index (χ3n) is 5.85. The molecule has 0 spiro atoms. The molecule has 178 valence electrons. The van der Waals surface area contributed by atoms with Crippen molar-refractivity contribution in [2.45, 2.75) is 50.5 Å². The smallest absolute Gasteiger partial charge is 0.343 e. The third kappa shape index (κ3) is 4.81. The molecule has 1 fully saturated rings. The Balaban J connectivity index is 1.72. The van der Waals surface area contributed by atoms with Crippen molar-refractivity contribution in [3.8, 4) is 11.5 Å². The van der Waals surface area contributed by atoms with E-state index >= 15 is 0 Å². The number of thioether (sulfide) groups is 1. The van der Waals surface area contributed by atoms with Crippen molar-refractivity contribution >= 4 is 28.6 Å². The lowest BCUT2D eigenvalue weighted by Crippen LogP contribution is -2.35. The standard InChI is InChI=1S/C23H29N3O6S/c1-13-24-21-19(22(28)25-26(21)15-8-9-32-23(2,3)11-15)20(33-13)14-6-7-16(29-4)17(10-14)31-12-18(27)30-5/h6-7,10,15,20H,8-9,11-12H2,1-5H3,(H,25,28)/t15-,20-/m1/s1. The molecule has 1 N–H and O–H groups in total. The second kappa shape index (κ2) is 9.26. The van der Waals surface area contributed by atoms with Crippen LogP contribution in [0.1, 0.15) is 56.0 Å². The van der Waals surface area contributed by atoms with Crippen LogP contribution >= 0.6 is 11.8 Å². The second-order valence-electron chi connectivity index (χ2n) is 8.71. The van der Waals surface area contributed by atoms with Crippen LogP contribution in [0.4, 0.5) is 5.82 Å². The number of hydrogen-bond acceptors (Lipinski definition) is 8. The Bertz CT molecular complexity index is 1140. The zero-order valence-electron chi connectivity index (χ0n) is 19.5. The van der Waals surface area contributed by atoms with Crippen LogP contribution in [0, 0.1) is 0 Å². The van der Waals surface area contributed by atoms with Gasteiger partial charge in [0.1, 0.15) is 0 Å². The number of fused-ring (bicyclic) bond motifs is 1. The number of aromatic amines is 1. The molecule has 0 unspecified atom stereocenters. The first-order chi connectivity index (χ1) is 15.7. The summed E-state index contributed by atoms with van der Waals surface area (Å²) in [5.74, 6) is 1.07. The number of ether oxygens (including phenoxy) is 4. The van der Waals surface area contributed by atoms with Crippen LogP contribution in [0.5, 0.6) is 11.5 Å². The van der Waals surface area contributed by atoms with Gasteiger partial charge in [-0.15, -0.1) is 0 Å². The molecular formula is C23H29N3O6S. The number of hydrogen-bond donors (Lipinski definition) is 1. The molecule has 2 aromatic rings. The summed E-state index contributed by atoms with van der Waals surface area (Å²) in [6.45, 7) is 6.46. The maximum absolute atomic E-state index is 13.1. The number of esters is 1. The quantitative estimate of drug-likeness (QED) is 0.635. The Morgan fingerprint density at radius 2 is 2.12 bits per heavy atom. The molecule has 0 bridgehead atoms. The number of nitrogens with zero attached hydrogens (tertiary/aromatic N) is 2. The van der Waals surface area contributed by atoms with Crippen LogP contribution in [0.15, 0.2) is 28.0 Å². The molecule has 10 heteroatoms. The Hall–Kier alpha value is -2.72. The fourth-order valence-corrected chi connectivity index (χ4v) is 5.39. The van der Waals surface area contributed by atoms with Gasteiger partial charge in [-0.25, -0.2) is 9.79 Å². The van der Waals surface area contributed by atoms with Gasteiger partial charge in [-0.3, -0.25) is 14.6 Å². The summed E-state index contributed by atoms with van der Waals surface area (Å²) in [5.41, 5.74) is 1.04. The van der Waals surface area contributed by atoms with E-state index in [2.05, 4.69) is 23.7 Å². The van der Waals surface area contributed by atoms with E-state index in [1.165, 1.54) is 26.0 Å². The molecule has 33 heavy (non-hydrogen) atoms. The normalized spacial score (nSPS) is 21.7. The van der Waals surface area contributed by atoms with Gasteiger partial charge in [-0.1, -0.05) is 17.8 Å². The summed E-state index contributed by atoms with van der Waals surface area (Å²) in [5, 5.41) is 3.62. The van der Waals surface area contributed by atoms with E-state index in [1.807, 2.05) is 17.7 Å². The summed E-state index contributed by atoms with van der Waals surface area (Å²) in [7, 11) is 2.84. The van der Waals surface area contributed by atoms with Crippen LogP contribution in [-0.4, -0.2) is 53.8 Å². The number of aliphatic imine (C=N–C) groups is 1. The Morgan fingerprint density at radius 3 is 2.82 bits per heavy atom. The minimum absolute atomic E-state index is 0.0975. The first-order valence-electron chi connectivity index (χ1n) is 10.8. The molecule has 1 aromatic carbocycles. The molecule has 1 aromatic heterocycles. The van der Waals surface area contributed by atoms with E-state index in [-0.39, 0.29) is 29.1 Å². The highest BCUT2D eigenvalue weighted by atomic mass is 32.2. The molecular weight excluding hydrogens is 446 g/mol. The maximum atomic E-state index is 13.1. The van der Waals surface area contributed by atoms with Crippen LogP contribution < -0.4 is 15.0 Å². The molecule has 0 amide bonds. The Labute approximate surface area is 196 Å². The van der Waals surface area contributed by atoms with Crippen molar-refractivity contribution in [3.63, 3.8) is 0 Å². The van der Waals surface area contributed by atoms with E-state index in [0.29, 0.717) is 29.5 Å². The zero-order valence-corrected chi connectivity index (χ0v) is 20.3. The molecule has 1 saturated heterocycles. The van der Waals surface area contributed by atoms with Gasteiger partial charge < -0.3 is 18.9 Å². The van der Waals surface area contributed by atoms with E-state index in [0.717, 1.165) is 23.4 Å². The van der Waals surface area contributed by atoms with Crippen LogP contribution in [0.3, 0.4) is 0 Å². The molecule has 3 heterocycles. The van der Waals surface area contributed by atoms with E-state index in [4.69, 9.17) is 19.2 Å². The lowest BCUT2D eigenvalue weighted by molar-refractivity contribution is -0.142. The first-order valence-corrected chi connectivity index (χ1v) is 11.7. The number of nitrogens with one attached hydrogen (secondary N) is 1. The predicted octanol–water partition coefficient (Wildman–Crippen LogP) is 3.75. The summed E-state index contributed by atoms with van der Waals surface area (Å²) < 4.78 is 23.4. The molecule has 2 aliphatic heterocycles. The van der Waals surface area contributed by atoms with Crippen LogP contribution in [-0.2, 0) is 14.3 Å². The second-order valence-corrected chi connectivity index (χ2v) is 10.0. The number of carbonyl (C=O) groups is 1. The Morgan fingerprint density at radius 1 is 1.33 bits per heavy atom. The summed E-state index contributed by atoms with van der Waals surface area (Å²) in [6, 6.07) is 5.57. The Kier molecular flexibility index (Phi) is 6.58. The van der Waals surface area contributed by atoms with Gasteiger partial charge in [0.25, 0.3) is 5.56 Å². The summed E-state index contributed by atoms with van der Waals surface area (Å²) in [6.07, 6.45) is 1.59. The highest BCUT2D eigenvalue weighted by Gasteiger charge is 2.36. The van der Waals surface area contributed by atoms with Gasteiger partial charge in [0.15, 0.2) is 23.9 Å². The number of rotatable bonds is 6. The van der Waals surface area contributed by atoms with Gasteiger partial charge in [0.2, 0.25) is 0 Å². The number of carbonyl (C=O) groups excluding carboxylic acids is 1. The number of methoxy groups -OCH3 is 2. The van der Waals surface area contributed by atoms with Crippen molar-refractivity contribution in [2.24, 2.45) is 4.99 Å². The summed E-state index contributed by atoms with van der Waals surface area (Å²) >= 11 is 1.51. The van der Waals surface area contributed by atoms with Gasteiger partial charge in [0.05, 0.1) is 41.7 Å². The molecule has 0 aliphatic carbocycles. The lowest BCUT2D eigenvalue weighted by atomic mass is 9.94. The van der Waals surface area contributed by atoms with E-state index in [1.54, 1.807) is 12.1 Å². The molecule has 9 nitrogen and oxygen atoms in total. The van der Waals surface area contributed by atoms with Crippen LogP contribution in [0.25, 0.3) is 0 Å². The lowest BCUT2D eigenvalue weighted by Gasteiger charge is -2.36. The highest BCUT2D eigenvalue weighted by molar-refractivity contribution is 8.14. The van der Waals surface area contributed by atoms with Gasteiger partial charge >= 0.3 is 5.97 Å². The summed E-state index contributed by atoms with van der Waals surface area (Å²) in [4.78, 5) is 29.4. The van der Waals surface area contributed by atoms with Gasteiger partial charge in [-0.2, -0.15) is 0 Å². The highest BCUT2D eigenvalue weighted by Crippen LogP contribution is 2.46. The fourth-order valence-electron chi connectivity index (χ4n) is 4.29. The zero-order chi connectivity index (χ0) is 23.8. The molecule has 2 aliphatic rings. The molecule has 0 saturated carbocycles. The van der Waals surface area contributed by atoms with Crippen molar-refractivity contribution in [3.05, 3.63) is 39.7 Å². The monoisotopic (exact) mass is 475 g/mol.